The van der Waals surface area contributed by atoms with E-state index in [1.54, 1.807) is 12.1 Å². The zero-order valence-electron chi connectivity index (χ0n) is 19.5. The van der Waals surface area contributed by atoms with Gasteiger partial charge in [-0.1, -0.05) is 97.1 Å². The second-order valence-electron chi connectivity index (χ2n) is 8.81. The Morgan fingerprint density at radius 3 is 1.50 bits per heavy atom. The van der Waals surface area contributed by atoms with Crippen molar-refractivity contribution in [2.45, 2.75) is 5.41 Å². The van der Waals surface area contributed by atoms with Crippen molar-refractivity contribution in [1.82, 2.24) is 0 Å². The highest BCUT2D eigenvalue weighted by Gasteiger charge is 2.46. The van der Waals surface area contributed by atoms with Gasteiger partial charge in [0.25, 0.3) is 0 Å². The Balaban J connectivity index is 1.76. The van der Waals surface area contributed by atoms with Crippen LogP contribution in [0.25, 0.3) is 0 Å². The Morgan fingerprint density at radius 2 is 1.00 bits per heavy atom. The predicted octanol–water partition coefficient (Wildman–Crippen LogP) is 7.60. The number of fused-ring (bicyclic) bond motifs is 2. The van der Waals surface area contributed by atoms with Crippen LogP contribution in [-0.4, -0.2) is 0 Å². The fourth-order valence-corrected chi connectivity index (χ4v) is 5.56. The molecule has 5 aromatic rings. The number of rotatable bonds is 3. The fourth-order valence-electron chi connectivity index (χ4n) is 5.56. The minimum atomic E-state index is -0.550. The van der Waals surface area contributed by atoms with E-state index in [0.29, 0.717) is 11.1 Å². The highest BCUT2D eigenvalue weighted by Crippen LogP contribution is 2.57. The van der Waals surface area contributed by atoms with Crippen molar-refractivity contribution in [2.75, 3.05) is 4.90 Å². The summed E-state index contributed by atoms with van der Waals surface area (Å²) < 4.78 is 0. The van der Waals surface area contributed by atoms with Gasteiger partial charge in [0.1, 0.15) is 6.07 Å². The first-order valence-corrected chi connectivity index (χ1v) is 11.8. The van der Waals surface area contributed by atoms with Crippen LogP contribution in [0.5, 0.6) is 0 Å². The summed E-state index contributed by atoms with van der Waals surface area (Å²) in [6.07, 6.45) is 0. The molecule has 1 heterocycles. The van der Waals surface area contributed by atoms with Crippen LogP contribution in [0.3, 0.4) is 0 Å². The summed E-state index contributed by atoms with van der Waals surface area (Å²) in [5, 5.41) is 19.5. The van der Waals surface area contributed by atoms with E-state index in [9.17, 15) is 10.5 Å². The Kier molecular flexibility index (Phi) is 5.11. The van der Waals surface area contributed by atoms with Gasteiger partial charge in [-0.3, -0.25) is 0 Å². The molecule has 0 bridgehead atoms. The number of nitriles is 2. The van der Waals surface area contributed by atoms with E-state index in [2.05, 4.69) is 102 Å². The zero-order chi connectivity index (χ0) is 24.5. The monoisotopic (exact) mass is 459 g/mol. The van der Waals surface area contributed by atoms with E-state index in [4.69, 9.17) is 0 Å². The first-order valence-electron chi connectivity index (χ1n) is 11.8. The molecule has 3 heteroatoms. The molecule has 0 radical (unpaired) electrons. The maximum Gasteiger partial charge on any atom is 0.101 e. The lowest BCUT2D eigenvalue weighted by Gasteiger charge is -2.46. The molecule has 1 aliphatic heterocycles. The van der Waals surface area contributed by atoms with Gasteiger partial charge in [0.15, 0.2) is 0 Å². The van der Waals surface area contributed by atoms with Crippen LogP contribution in [0.1, 0.15) is 33.4 Å². The highest BCUT2D eigenvalue weighted by atomic mass is 15.2. The average molecular weight is 460 g/mol. The van der Waals surface area contributed by atoms with Crippen molar-refractivity contribution >= 4 is 17.1 Å². The van der Waals surface area contributed by atoms with E-state index in [0.717, 1.165) is 28.2 Å². The number of hydrogen-bond acceptors (Lipinski definition) is 3. The molecule has 0 fully saturated rings. The standard InChI is InChI=1S/C33H21N3/c34-22-24-19-20-30(25(21-24)23-35)36-31-17-9-7-15-28(31)33(26-11-3-1-4-12-26,27-13-5-2-6-14-27)29-16-8-10-18-32(29)36/h1-21H. The van der Waals surface area contributed by atoms with Gasteiger partial charge in [0.2, 0.25) is 0 Å². The molecule has 0 saturated heterocycles. The molecule has 0 aromatic heterocycles. The van der Waals surface area contributed by atoms with E-state index in [-0.39, 0.29) is 0 Å². The summed E-state index contributed by atoms with van der Waals surface area (Å²) in [7, 11) is 0. The van der Waals surface area contributed by atoms with Crippen molar-refractivity contribution in [3.8, 4) is 12.1 Å². The number of benzene rings is 5. The molecule has 0 amide bonds. The maximum atomic E-state index is 10.0. The highest BCUT2D eigenvalue weighted by molar-refractivity contribution is 5.90. The van der Waals surface area contributed by atoms with Crippen molar-refractivity contribution in [2.24, 2.45) is 0 Å². The van der Waals surface area contributed by atoms with E-state index in [1.807, 2.05) is 30.3 Å². The van der Waals surface area contributed by atoms with E-state index in [1.165, 1.54) is 11.1 Å². The average Bonchev–Trinajstić information content (AvgIpc) is 2.96. The molecule has 36 heavy (non-hydrogen) atoms. The summed E-state index contributed by atoms with van der Waals surface area (Å²) in [5.41, 5.74) is 7.77. The minimum Gasteiger partial charge on any atom is -0.308 e. The van der Waals surface area contributed by atoms with Crippen LogP contribution >= 0.6 is 0 Å². The summed E-state index contributed by atoms with van der Waals surface area (Å²) in [6.45, 7) is 0. The van der Waals surface area contributed by atoms with Crippen molar-refractivity contribution in [1.29, 1.82) is 10.5 Å². The third-order valence-corrected chi connectivity index (χ3v) is 7.00. The van der Waals surface area contributed by atoms with Crippen LogP contribution in [-0.2, 0) is 5.41 Å². The predicted molar refractivity (Wildman–Crippen MR) is 142 cm³/mol. The van der Waals surface area contributed by atoms with Crippen LogP contribution < -0.4 is 4.90 Å². The molecule has 0 saturated carbocycles. The smallest absolute Gasteiger partial charge is 0.101 e. The second-order valence-corrected chi connectivity index (χ2v) is 8.81. The lowest BCUT2D eigenvalue weighted by molar-refractivity contribution is 0.731. The molecule has 0 spiro atoms. The zero-order valence-corrected chi connectivity index (χ0v) is 19.5. The summed E-state index contributed by atoms with van der Waals surface area (Å²) >= 11 is 0. The van der Waals surface area contributed by atoms with Gasteiger partial charge in [0, 0.05) is 0 Å². The quantitative estimate of drug-likeness (QED) is 0.274. The second kappa shape index (κ2) is 8.58. The van der Waals surface area contributed by atoms with Crippen molar-refractivity contribution < 1.29 is 0 Å². The lowest BCUT2D eigenvalue weighted by atomic mass is 9.62. The van der Waals surface area contributed by atoms with E-state index < -0.39 is 5.41 Å². The van der Waals surface area contributed by atoms with Gasteiger partial charge in [-0.05, 0) is 52.6 Å². The van der Waals surface area contributed by atoms with Crippen LogP contribution in [0.2, 0.25) is 0 Å². The third-order valence-electron chi connectivity index (χ3n) is 7.00. The maximum absolute atomic E-state index is 10.0. The Morgan fingerprint density at radius 1 is 0.500 bits per heavy atom. The van der Waals surface area contributed by atoms with Crippen LogP contribution in [0.4, 0.5) is 17.1 Å². The Bertz CT molecular complexity index is 1570. The SMILES string of the molecule is N#Cc1ccc(N2c3ccccc3C(c3ccccc3)(c3ccccc3)c3ccccc32)c(C#N)c1. The molecule has 0 atom stereocenters. The number of nitrogens with zero attached hydrogens (tertiary/aromatic N) is 3. The van der Waals surface area contributed by atoms with Gasteiger partial charge in [-0.15, -0.1) is 0 Å². The molecular formula is C33H21N3. The van der Waals surface area contributed by atoms with Gasteiger partial charge >= 0.3 is 0 Å². The Hall–Kier alpha value is -5.12. The van der Waals surface area contributed by atoms with Crippen molar-refractivity contribution in [3.63, 3.8) is 0 Å². The normalized spacial score (nSPS) is 13.1. The van der Waals surface area contributed by atoms with Gasteiger partial charge in [-0.25, -0.2) is 0 Å². The third kappa shape index (κ3) is 3.04. The molecule has 1 aliphatic rings. The molecule has 168 valence electrons. The number of para-hydroxylation sites is 2. The van der Waals surface area contributed by atoms with Crippen molar-refractivity contribution in [3.05, 3.63) is 161 Å². The molecule has 0 aliphatic carbocycles. The van der Waals surface area contributed by atoms with Crippen LogP contribution in [0.15, 0.2) is 127 Å². The van der Waals surface area contributed by atoms with Gasteiger partial charge in [0.05, 0.1) is 39.7 Å². The largest absolute Gasteiger partial charge is 0.308 e. The Labute approximate surface area is 210 Å². The lowest BCUT2D eigenvalue weighted by Crippen LogP contribution is -2.37. The molecule has 6 rings (SSSR count). The summed E-state index contributed by atoms with van der Waals surface area (Å²) in [6, 6.07) is 47.9. The number of hydrogen-bond donors (Lipinski definition) is 0. The summed E-state index contributed by atoms with van der Waals surface area (Å²) in [5.74, 6) is 0. The molecular weight excluding hydrogens is 438 g/mol. The first-order chi connectivity index (χ1) is 17.8. The first kappa shape index (κ1) is 21.4. The fraction of sp³-hybridized carbons (Fsp3) is 0.0303. The molecule has 0 N–H and O–H groups in total. The molecule has 0 unspecified atom stereocenters. The minimum absolute atomic E-state index is 0.463. The molecule has 3 nitrogen and oxygen atoms in total. The van der Waals surface area contributed by atoms with Crippen LogP contribution in [0, 0.1) is 22.7 Å². The van der Waals surface area contributed by atoms with Gasteiger partial charge in [-0.2, -0.15) is 10.5 Å². The van der Waals surface area contributed by atoms with E-state index >= 15 is 0 Å². The number of anilines is 3. The molecule has 5 aromatic carbocycles. The van der Waals surface area contributed by atoms with Gasteiger partial charge < -0.3 is 4.90 Å². The topological polar surface area (TPSA) is 50.8 Å². The summed E-state index contributed by atoms with van der Waals surface area (Å²) in [4.78, 5) is 2.16.